The van der Waals surface area contributed by atoms with Crippen molar-refractivity contribution in [1.29, 1.82) is 0 Å². The van der Waals surface area contributed by atoms with Crippen LogP contribution in [0.15, 0.2) is 35.3 Å². The average molecular weight is 352 g/mol. The number of hydrogen-bond acceptors (Lipinski definition) is 3. The molecule has 0 unspecified atom stereocenters. The molecule has 0 aliphatic heterocycles. The minimum absolute atomic E-state index is 0.0555. The summed E-state index contributed by atoms with van der Waals surface area (Å²) >= 11 is 0. The van der Waals surface area contributed by atoms with Gasteiger partial charge in [0.15, 0.2) is 0 Å². The van der Waals surface area contributed by atoms with Gasteiger partial charge in [-0.05, 0) is 38.8 Å². The fourth-order valence-electron chi connectivity index (χ4n) is 3.37. The highest BCUT2D eigenvalue weighted by Crippen LogP contribution is 2.17. The van der Waals surface area contributed by atoms with Crippen molar-refractivity contribution in [2.75, 3.05) is 0 Å². The highest BCUT2D eigenvalue weighted by molar-refractivity contribution is 6.06. The van der Waals surface area contributed by atoms with Crippen molar-refractivity contribution in [1.82, 2.24) is 19.7 Å². The number of carbonyl (C=O) groups is 1. The Morgan fingerprint density at radius 1 is 1.19 bits per heavy atom. The molecular formula is C20H24N4O2. The summed E-state index contributed by atoms with van der Waals surface area (Å²) in [5.41, 5.74) is 3.65. The molecule has 1 aromatic carbocycles. The Morgan fingerprint density at radius 3 is 2.46 bits per heavy atom. The molecule has 26 heavy (non-hydrogen) atoms. The minimum Gasteiger partial charge on any atom is -0.349 e. The Morgan fingerprint density at radius 2 is 1.85 bits per heavy atom. The second-order valence-electron chi connectivity index (χ2n) is 6.86. The lowest BCUT2D eigenvalue weighted by Crippen LogP contribution is -2.35. The number of hydrogen-bond donors (Lipinski definition) is 1. The van der Waals surface area contributed by atoms with E-state index in [0.29, 0.717) is 22.8 Å². The van der Waals surface area contributed by atoms with Gasteiger partial charge in [0.05, 0.1) is 11.3 Å². The van der Waals surface area contributed by atoms with E-state index in [-0.39, 0.29) is 17.5 Å². The van der Waals surface area contributed by atoms with Crippen molar-refractivity contribution in [3.63, 3.8) is 0 Å². The van der Waals surface area contributed by atoms with Gasteiger partial charge < -0.3 is 9.88 Å². The number of nitrogens with one attached hydrogen (secondary N) is 1. The molecule has 1 amide bonds. The van der Waals surface area contributed by atoms with Crippen LogP contribution in [0.2, 0.25) is 0 Å². The summed E-state index contributed by atoms with van der Waals surface area (Å²) in [5.74, 6) is -0.177. The van der Waals surface area contributed by atoms with Crippen LogP contribution in [0.25, 0.3) is 10.8 Å². The van der Waals surface area contributed by atoms with E-state index in [0.717, 1.165) is 17.0 Å². The Hall–Kier alpha value is -2.89. The molecule has 0 saturated carbocycles. The molecule has 1 atom stereocenters. The molecule has 0 bridgehead atoms. The van der Waals surface area contributed by atoms with E-state index in [2.05, 4.69) is 10.4 Å². The van der Waals surface area contributed by atoms with Crippen molar-refractivity contribution >= 4 is 16.7 Å². The predicted octanol–water partition coefficient (Wildman–Crippen LogP) is 2.25. The maximum Gasteiger partial charge on any atom is 0.258 e. The number of benzene rings is 1. The number of fused-ring (bicyclic) bond motifs is 1. The lowest BCUT2D eigenvalue weighted by Gasteiger charge is -2.16. The molecule has 0 aliphatic carbocycles. The number of aromatic nitrogens is 3. The quantitative estimate of drug-likeness (QED) is 0.783. The Balaban J connectivity index is 1.87. The molecule has 2 aromatic heterocycles. The van der Waals surface area contributed by atoms with Crippen molar-refractivity contribution in [2.45, 2.75) is 33.2 Å². The SMILES string of the molecule is Cc1nn(C)c(C)c1C[C@H](C)NC(=O)c1cn(C)c(=O)c2ccccc12. The summed E-state index contributed by atoms with van der Waals surface area (Å²) in [6.07, 6.45) is 2.31. The first-order valence-corrected chi connectivity index (χ1v) is 8.68. The maximum absolute atomic E-state index is 12.9. The van der Waals surface area contributed by atoms with Gasteiger partial charge in [-0.25, -0.2) is 0 Å². The number of amides is 1. The van der Waals surface area contributed by atoms with Gasteiger partial charge in [-0.1, -0.05) is 18.2 Å². The molecule has 0 fully saturated rings. The molecule has 2 heterocycles. The van der Waals surface area contributed by atoms with Crippen LogP contribution in [0.4, 0.5) is 0 Å². The number of pyridine rings is 1. The van der Waals surface area contributed by atoms with Crippen molar-refractivity contribution < 1.29 is 4.79 Å². The van der Waals surface area contributed by atoms with Gasteiger partial charge in [-0.15, -0.1) is 0 Å². The van der Waals surface area contributed by atoms with E-state index < -0.39 is 0 Å². The average Bonchev–Trinajstić information content (AvgIpc) is 2.84. The first-order valence-electron chi connectivity index (χ1n) is 8.68. The zero-order chi connectivity index (χ0) is 19.0. The highest BCUT2D eigenvalue weighted by atomic mass is 16.2. The van der Waals surface area contributed by atoms with E-state index >= 15 is 0 Å². The van der Waals surface area contributed by atoms with Crippen LogP contribution in [-0.2, 0) is 20.5 Å². The molecule has 136 valence electrons. The Bertz CT molecular complexity index is 1050. The van der Waals surface area contributed by atoms with E-state index in [1.165, 1.54) is 4.57 Å². The maximum atomic E-state index is 12.9. The normalized spacial score (nSPS) is 12.3. The monoisotopic (exact) mass is 352 g/mol. The molecule has 0 spiro atoms. The molecule has 0 aliphatic rings. The summed E-state index contributed by atoms with van der Waals surface area (Å²) in [7, 11) is 3.59. The third kappa shape index (κ3) is 3.14. The fraction of sp³-hybridized carbons (Fsp3) is 0.350. The smallest absolute Gasteiger partial charge is 0.258 e. The first kappa shape index (κ1) is 17.9. The van der Waals surface area contributed by atoms with Crippen LogP contribution in [0.5, 0.6) is 0 Å². The largest absolute Gasteiger partial charge is 0.349 e. The lowest BCUT2D eigenvalue weighted by molar-refractivity contribution is 0.0941. The van der Waals surface area contributed by atoms with Crippen molar-refractivity contribution in [2.24, 2.45) is 14.1 Å². The van der Waals surface area contributed by atoms with Gasteiger partial charge in [0.1, 0.15) is 0 Å². The lowest BCUT2D eigenvalue weighted by atomic mass is 10.0. The second-order valence-corrected chi connectivity index (χ2v) is 6.86. The van der Waals surface area contributed by atoms with Crippen molar-refractivity contribution in [3.05, 3.63) is 63.3 Å². The van der Waals surface area contributed by atoms with Crippen LogP contribution >= 0.6 is 0 Å². The number of aryl methyl sites for hydroxylation is 3. The molecule has 6 heteroatoms. The van der Waals surface area contributed by atoms with Gasteiger partial charge >= 0.3 is 0 Å². The summed E-state index contributed by atoms with van der Waals surface area (Å²) in [4.78, 5) is 25.1. The van der Waals surface area contributed by atoms with E-state index in [1.54, 1.807) is 19.3 Å². The molecule has 3 rings (SSSR count). The zero-order valence-corrected chi connectivity index (χ0v) is 15.8. The molecule has 6 nitrogen and oxygen atoms in total. The summed E-state index contributed by atoms with van der Waals surface area (Å²) < 4.78 is 3.32. The third-order valence-electron chi connectivity index (χ3n) is 4.88. The van der Waals surface area contributed by atoms with Crippen molar-refractivity contribution in [3.8, 4) is 0 Å². The van der Waals surface area contributed by atoms with Crippen LogP contribution < -0.4 is 10.9 Å². The van der Waals surface area contributed by atoms with Gasteiger partial charge in [0.2, 0.25) is 0 Å². The van der Waals surface area contributed by atoms with E-state index in [9.17, 15) is 9.59 Å². The minimum atomic E-state index is -0.177. The zero-order valence-electron chi connectivity index (χ0n) is 15.8. The number of carbonyl (C=O) groups excluding carboxylic acids is 1. The summed E-state index contributed by atoms with van der Waals surface area (Å²) in [6, 6.07) is 7.15. The van der Waals surface area contributed by atoms with Gasteiger partial charge in [-0.2, -0.15) is 5.10 Å². The van der Waals surface area contributed by atoms with Crippen LogP contribution in [-0.4, -0.2) is 26.3 Å². The van der Waals surface area contributed by atoms with Crippen LogP contribution in [0, 0.1) is 13.8 Å². The van der Waals surface area contributed by atoms with Gasteiger partial charge in [0.25, 0.3) is 11.5 Å². The second kappa shape index (κ2) is 6.78. The fourth-order valence-corrected chi connectivity index (χ4v) is 3.37. The summed E-state index contributed by atoms with van der Waals surface area (Å²) in [6.45, 7) is 6.00. The molecule has 3 aromatic rings. The van der Waals surface area contributed by atoms with E-state index in [4.69, 9.17) is 0 Å². The van der Waals surface area contributed by atoms with Crippen LogP contribution in [0.3, 0.4) is 0 Å². The van der Waals surface area contributed by atoms with Gasteiger partial charge in [-0.3, -0.25) is 14.3 Å². The third-order valence-corrected chi connectivity index (χ3v) is 4.88. The highest BCUT2D eigenvalue weighted by Gasteiger charge is 2.18. The van der Waals surface area contributed by atoms with Crippen LogP contribution in [0.1, 0.15) is 34.2 Å². The summed E-state index contributed by atoms with van der Waals surface area (Å²) in [5, 5.41) is 8.71. The number of nitrogens with zero attached hydrogens (tertiary/aromatic N) is 3. The topological polar surface area (TPSA) is 68.9 Å². The predicted molar refractivity (Wildman–Crippen MR) is 103 cm³/mol. The molecule has 1 N–H and O–H groups in total. The van der Waals surface area contributed by atoms with Gasteiger partial charge in [0, 0.05) is 42.8 Å². The molecule has 0 saturated heterocycles. The molecular weight excluding hydrogens is 328 g/mol. The standard InChI is InChI=1S/C20H24N4O2/c1-12(10-17-13(2)22-24(5)14(17)3)21-19(25)18-11-23(4)20(26)16-9-7-6-8-15(16)18/h6-9,11-12H,10H2,1-5H3,(H,21,25)/t12-/m0/s1. The Labute approximate surface area is 152 Å². The number of rotatable bonds is 4. The molecule has 0 radical (unpaired) electrons. The first-order chi connectivity index (χ1) is 12.3. The Kier molecular flexibility index (Phi) is 4.68. The van der Waals surface area contributed by atoms with E-state index in [1.807, 2.05) is 50.7 Å².